The fourth-order valence-corrected chi connectivity index (χ4v) is 2.26. The summed E-state index contributed by atoms with van der Waals surface area (Å²) in [6.07, 6.45) is 3.59. The summed E-state index contributed by atoms with van der Waals surface area (Å²) in [6.45, 7) is 2.92. The minimum atomic E-state index is 0.230. The van der Waals surface area contributed by atoms with Crippen LogP contribution in [0.5, 0.6) is 11.5 Å². The molecule has 1 N–H and O–H groups in total. The Kier molecular flexibility index (Phi) is 3.17. The Morgan fingerprint density at radius 1 is 1.37 bits per heavy atom. The summed E-state index contributed by atoms with van der Waals surface area (Å²) in [6, 6.07) is 5.79. The molecule has 0 saturated carbocycles. The predicted molar refractivity (Wildman–Crippen MR) is 73.9 cm³/mol. The average molecular weight is 277 g/mol. The molecule has 4 nitrogen and oxygen atoms in total. The Labute approximate surface area is 116 Å². The van der Waals surface area contributed by atoms with Crippen LogP contribution in [-0.4, -0.2) is 11.8 Å². The molecular weight excluding hydrogens is 264 g/mol. The molecule has 0 bridgehead atoms. The van der Waals surface area contributed by atoms with Crippen molar-refractivity contribution in [1.29, 1.82) is 0 Å². The number of hydrogen-bond acceptors (Lipinski definition) is 4. The van der Waals surface area contributed by atoms with E-state index in [0.717, 1.165) is 16.8 Å². The van der Waals surface area contributed by atoms with Crippen LogP contribution >= 0.6 is 11.6 Å². The number of hydrogen-bond donors (Lipinski definition) is 1. The number of halogens is 1. The van der Waals surface area contributed by atoms with Crippen LogP contribution in [0.25, 0.3) is 0 Å². The zero-order valence-corrected chi connectivity index (χ0v) is 11.2. The largest absolute Gasteiger partial charge is 0.454 e. The molecule has 1 aromatic carbocycles. The Hall–Kier alpha value is -1.94. The third-order valence-electron chi connectivity index (χ3n) is 3.01. The molecule has 1 aliphatic rings. The van der Waals surface area contributed by atoms with Gasteiger partial charge in [0.25, 0.3) is 0 Å². The van der Waals surface area contributed by atoms with Crippen molar-refractivity contribution < 1.29 is 9.47 Å². The van der Waals surface area contributed by atoms with Crippen LogP contribution in [-0.2, 0) is 6.54 Å². The Balaban J connectivity index is 1.78. The first-order chi connectivity index (χ1) is 9.24. The summed E-state index contributed by atoms with van der Waals surface area (Å²) in [4.78, 5) is 4.10. The van der Waals surface area contributed by atoms with E-state index in [1.807, 2.05) is 31.3 Å². The summed E-state index contributed by atoms with van der Waals surface area (Å²) < 4.78 is 10.6. The van der Waals surface area contributed by atoms with Gasteiger partial charge in [0.15, 0.2) is 11.5 Å². The normalized spacial score (nSPS) is 12.5. The van der Waals surface area contributed by atoms with Gasteiger partial charge in [-0.3, -0.25) is 4.98 Å². The molecule has 0 unspecified atom stereocenters. The molecule has 0 aliphatic carbocycles. The highest BCUT2D eigenvalue weighted by atomic mass is 35.5. The van der Waals surface area contributed by atoms with Crippen molar-refractivity contribution >= 4 is 17.3 Å². The van der Waals surface area contributed by atoms with Crippen molar-refractivity contribution in [3.63, 3.8) is 0 Å². The summed E-state index contributed by atoms with van der Waals surface area (Å²) >= 11 is 6.14. The summed E-state index contributed by atoms with van der Waals surface area (Å²) in [7, 11) is 0. The van der Waals surface area contributed by atoms with Gasteiger partial charge in [0, 0.05) is 12.7 Å². The van der Waals surface area contributed by atoms with Crippen molar-refractivity contribution in [2.24, 2.45) is 0 Å². The maximum atomic E-state index is 6.14. The van der Waals surface area contributed by atoms with Crippen LogP contribution in [0.1, 0.15) is 11.1 Å². The highest BCUT2D eigenvalue weighted by molar-refractivity contribution is 6.32. The molecule has 1 aromatic heterocycles. The zero-order chi connectivity index (χ0) is 13.2. The Morgan fingerprint density at radius 2 is 2.26 bits per heavy atom. The molecule has 2 aromatic rings. The molecule has 98 valence electrons. The van der Waals surface area contributed by atoms with Crippen LogP contribution in [0.3, 0.4) is 0 Å². The second-order valence-corrected chi connectivity index (χ2v) is 4.76. The lowest BCUT2D eigenvalue weighted by Crippen LogP contribution is -2.01. The standard InChI is InChI=1S/C14H13ClN2O2/c1-9-2-3-16-7-12(9)17-6-10-4-11(15)14-13(5-10)18-8-19-14/h2-5,7,17H,6,8H2,1H3. The van der Waals surface area contributed by atoms with E-state index in [1.54, 1.807) is 6.20 Å². The predicted octanol–water partition coefficient (Wildman–Crippen LogP) is 3.38. The Bertz CT molecular complexity index is 616. The Morgan fingerprint density at radius 3 is 3.11 bits per heavy atom. The van der Waals surface area contributed by atoms with E-state index in [0.29, 0.717) is 23.1 Å². The van der Waals surface area contributed by atoms with Crippen LogP contribution in [0.2, 0.25) is 5.02 Å². The van der Waals surface area contributed by atoms with Gasteiger partial charge >= 0.3 is 0 Å². The van der Waals surface area contributed by atoms with Crippen LogP contribution in [0.15, 0.2) is 30.6 Å². The van der Waals surface area contributed by atoms with E-state index in [4.69, 9.17) is 21.1 Å². The number of anilines is 1. The molecular formula is C14H13ClN2O2. The maximum Gasteiger partial charge on any atom is 0.231 e. The summed E-state index contributed by atoms with van der Waals surface area (Å²) in [5.41, 5.74) is 3.20. The molecule has 2 heterocycles. The molecule has 0 atom stereocenters. The van der Waals surface area contributed by atoms with Gasteiger partial charge in [-0.15, -0.1) is 0 Å². The van der Waals surface area contributed by atoms with Gasteiger partial charge in [-0.05, 0) is 36.2 Å². The van der Waals surface area contributed by atoms with E-state index in [-0.39, 0.29) is 6.79 Å². The molecule has 1 aliphatic heterocycles. The molecule has 5 heteroatoms. The lowest BCUT2D eigenvalue weighted by atomic mass is 10.2. The number of benzene rings is 1. The van der Waals surface area contributed by atoms with E-state index < -0.39 is 0 Å². The van der Waals surface area contributed by atoms with Crippen molar-refractivity contribution in [1.82, 2.24) is 4.98 Å². The minimum absolute atomic E-state index is 0.230. The van der Waals surface area contributed by atoms with Crippen molar-refractivity contribution in [2.75, 3.05) is 12.1 Å². The van der Waals surface area contributed by atoms with Crippen molar-refractivity contribution in [3.05, 3.63) is 46.7 Å². The smallest absolute Gasteiger partial charge is 0.231 e. The fourth-order valence-electron chi connectivity index (χ4n) is 1.97. The first-order valence-corrected chi connectivity index (χ1v) is 6.34. The van der Waals surface area contributed by atoms with Gasteiger partial charge in [0.05, 0.1) is 16.9 Å². The molecule has 0 radical (unpaired) electrons. The van der Waals surface area contributed by atoms with Crippen molar-refractivity contribution in [3.8, 4) is 11.5 Å². The molecule has 0 fully saturated rings. The number of aromatic nitrogens is 1. The van der Waals surface area contributed by atoms with E-state index in [9.17, 15) is 0 Å². The second kappa shape index (κ2) is 4.97. The SMILES string of the molecule is Cc1ccncc1NCc1cc(Cl)c2c(c1)OCO2. The van der Waals surface area contributed by atoms with E-state index in [2.05, 4.69) is 10.3 Å². The average Bonchev–Trinajstić information content (AvgIpc) is 2.87. The van der Waals surface area contributed by atoms with Gasteiger partial charge < -0.3 is 14.8 Å². The first-order valence-electron chi connectivity index (χ1n) is 5.96. The topological polar surface area (TPSA) is 43.4 Å². The number of fused-ring (bicyclic) bond motifs is 1. The van der Waals surface area contributed by atoms with Crippen LogP contribution < -0.4 is 14.8 Å². The highest BCUT2D eigenvalue weighted by Crippen LogP contribution is 2.39. The second-order valence-electron chi connectivity index (χ2n) is 4.36. The van der Waals surface area contributed by atoms with Gasteiger partial charge in [0.2, 0.25) is 6.79 Å². The number of ether oxygens (including phenoxy) is 2. The zero-order valence-electron chi connectivity index (χ0n) is 10.4. The molecule has 19 heavy (non-hydrogen) atoms. The number of nitrogens with one attached hydrogen (secondary N) is 1. The third-order valence-corrected chi connectivity index (χ3v) is 3.29. The van der Waals surface area contributed by atoms with Crippen LogP contribution in [0, 0.1) is 6.92 Å². The third kappa shape index (κ3) is 2.44. The molecule has 0 saturated heterocycles. The number of aryl methyl sites for hydroxylation is 1. The summed E-state index contributed by atoms with van der Waals surface area (Å²) in [5, 5.41) is 3.91. The number of rotatable bonds is 3. The molecule has 0 amide bonds. The maximum absolute atomic E-state index is 6.14. The number of nitrogens with zero attached hydrogens (tertiary/aromatic N) is 1. The van der Waals surface area contributed by atoms with Gasteiger partial charge in [-0.1, -0.05) is 11.6 Å². The van der Waals surface area contributed by atoms with Gasteiger partial charge in [-0.2, -0.15) is 0 Å². The molecule has 3 rings (SSSR count). The first kappa shape index (κ1) is 12.1. The monoisotopic (exact) mass is 276 g/mol. The van der Waals surface area contributed by atoms with E-state index in [1.165, 1.54) is 0 Å². The lowest BCUT2D eigenvalue weighted by molar-refractivity contribution is 0.174. The van der Waals surface area contributed by atoms with Gasteiger partial charge in [0.1, 0.15) is 0 Å². The molecule has 0 spiro atoms. The lowest BCUT2D eigenvalue weighted by Gasteiger charge is -2.10. The van der Waals surface area contributed by atoms with Crippen molar-refractivity contribution in [2.45, 2.75) is 13.5 Å². The van der Waals surface area contributed by atoms with Crippen LogP contribution in [0.4, 0.5) is 5.69 Å². The minimum Gasteiger partial charge on any atom is -0.454 e. The fraction of sp³-hybridized carbons (Fsp3) is 0.214. The van der Waals surface area contributed by atoms with Gasteiger partial charge in [-0.25, -0.2) is 0 Å². The highest BCUT2D eigenvalue weighted by Gasteiger charge is 2.18. The van der Waals surface area contributed by atoms with E-state index >= 15 is 0 Å². The summed E-state index contributed by atoms with van der Waals surface area (Å²) in [5.74, 6) is 1.33. The number of pyridine rings is 1. The quantitative estimate of drug-likeness (QED) is 0.933.